The van der Waals surface area contributed by atoms with Gasteiger partial charge in [0.1, 0.15) is 5.82 Å². The van der Waals surface area contributed by atoms with Crippen LogP contribution in [-0.2, 0) is 7.05 Å². The van der Waals surface area contributed by atoms with Crippen molar-refractivity contribution >= 4 is 23.3 Å². The molecule has 3 heteroatoms. The number of anilines is 2. The third kappa shape index (κ3) is 2.64. The van der Waals surface area contributed by atoms with Crippen LogP contribution in [0.2, 0.25) is 0 Å². The third-order valence-corrected chi connectivity index (χ3v) is 4.88. The number of rotatable bonds is 2. The van der Waals surface area contributed by atoms with Crippen molar-refractivity contribution in [3.05, 3.63) is 103 Å². The van der Waals surface area contributed by atoms with E-state index in [0.29, 0.717) is 0 Å². The second-order valence-corrected chi connectivity index (χ2v) is 6.66. The highest BCUT2D eigenvalue weighted by atomic mass is 15.3. The average Bonchev–Trinajstić information content (AvgIpc) is 3.09. The Morgan fingerprint density at radius 3 is 2.26 bits per heavy atom. The summed E-state index contributed by atoms with van der Waals surface area (Å²) in [7, 11) is 1.99. The predicted molar refractivity (Wildman–Crippen MR) is 109 cm³/mol. The molecule has 0 N–H and O–H groups in total. The fourth-order valence-electron chi connectivity index (χ4n) is 3.65. The zero-order valence-electron chi connectivity index (χ0n) is 15.1. The first-order chi connectivity index (χ1) is 13.3. The van der Waals surface area contributed by atoms with Crippen LogP contribution in [0.15, 0.2) is 91.3 Å². The maximum atomic E-state index is 3.36. The van der Waals surface area contributed by atoms with Gasteiger partial charge < -0.3 is 14.0 Å². The van der Waals surface area contributed by atoms with E-state index in [0.717, 1.165) is 17.2 Å². The van der Waals surface area contributed by atoms with Crippen LogP contribution in [0.4, 0.5) is 11.4 Å². The van der Waals surface area contributed by atoms with E-state index in [9.17, 15) is 0 Å². The number of benzene rings is 3. The normalized spacial score (nSPS) is 12.8. The Morgan fingerprint density at radius 1 is 0.778 bits per heavy atom. The molecule has 0 aliphatic carbocycles. The Morgan fingerprint density at radius 2 is 1.48 bits per heavy atom. The van der Waals surface area contributed by atoms with Crippen molar-refractivity contribution in [1.82, 2.24) is 4.57 Å². The average molecular weight is 349 g/mol. The number of hydrogen-bond donors (Lipinski definition) is 0. The number of aryl methyl sites for hydroxylation is 1. The highest BCUT2D eigenvalue weighted by molar-refractivity contribution is 6.00. The summed E-state index contributed by atoms with van der Waals surface area (Å²) in [5, 5.41) is 0. The van der Waals surface area contributed by atoms with E-state index in [4.69, 9.17) is 0 Å². The van der Waals surface area contributed by atoms with E-state index in [-0.39, 0.29) is 0 Å². The molecule has 4 aromatic rings. The van der Waals surface area contributed by atoms with Gasteiger partial charge in [0, 0.05) is 29.3 Å². The molecule has 0 saturated heterocycles. The quantitative estimate of drug-likeness (QED) is 0.371. The highest BCUT2D eigenvalue weighted by Crippen LogP contribution is 2.43. The van der Waals surface area contributed by atoms with Crippen molar-refractivity contribution < 1.29 is 4.57 Å². The van der Waals surface area contributed by atoms with Crippen LogP contribution in [-0.4, -0.2) is 4.57 Å². The molecular weight excluding hydrogens is 330 g/mol. The van der Waals surface area contributed by atoms with Crippen LogP contribution in [0.3, 0.4) is 0 Å². The van der Waals surface area contributed by atoms with E-state index in [1.807, 2.05) is 34.6 Å². The standard InChI is InChI=1S/C24H19N3/c1-25-15-16-26(18-25)24-17-19-9-5-6-12-21(19)22-13-7-8-14-23(22)27(24)20-10-3-2-4-11-20/h2-17H,1H3. The van der Waals surface area contributed by atoms with E-state index < -0.39 is 0 Å². The molecule has 1 aliphatic heterocycles. The molecule has 1 aliphatic rings. The summed E-state index contributed by atoms with van der Waals surface area (Å²) in [6.07, 6.45) is 9.64. The molecule has 0 bridgehead atoms. The van der Waals surface area contributed by atoms with Crippen molar-refractivity contribution in [2.45, 2.75) is 0 Å². The molecule has 1 aromatic heterocycles. The smallest absolute Gasteiger partial charge is 0.244 e. The number of nitrogens with zero attached hydrogens (tertiary/aromatic N) is 3. The zero-order chi connectivity index (χ0) is 18.2. The number of aromatic nitrogens is 2. The minimum atomic E-state index is 1.04. The van der Waals surface area contributed by atoms with Crippen molar-refractivity contribution in [2.75, 3.05) is 4.90 Å². The minimum Gasteiger partial charge on any atom is -0.323 e. The number of hydrogen-bond acceptors (Lipinski definition) is 1. The van der Waals surface area contributed by atoms with Crippen LogP contribution < -0.4 is 9.47 Å². The molecule has 0 spiro atoms. The summed E-state index contributed by atoms with van der Waals surface area (Å²) in [6, 6.07) is 27.6. The summed E-state index contributed by atoms with van der Waals surface area (Å²) in [5.74, 6) is 1.04. The number of para-hydroxylation sites is 2. The zero-order valence-corrected chi connectivity index (χ0v) is 15.1. The molecule has 27 heavy (non-hydrogen) atoms. The van der Waals surface area contributed by atoms with Crippen molar-refractivity contribution in [1.29, 1.82) is 0 Å². The molecular formula is C24H19N3. The van der Waals surface area contributed by atoms with Crippen molar-refractivity contribution in [2.24, 2.45) is 7.05 Å². The lowest BCUT2D eigenvalue weighted by atomic mass is 9.99. The SMILES string of the molecule is C[n+]1[c-]n(C2=Cc3ccccc3-c3ccccc3N2c2ccccc2)cc1. The van der Waals surface area contributed by atoms with Gasteiger partial charge in [0.25, 0.3) is 0 Å². The summed E-state index contributed by atoms with van der Waals surface area (Å²) >= 11 is 0. The predicted octanol–water partition coefficient (Wildman–Crippen LogP) is 4.89. The monoisotopic (exact) mass is 349 g/mol. The van der Waals surface area contributed by atoms with E-state index in [1.165, 1.54) is 16.7 Å². The Balaban J connectivity index is 1.86. The van der Waals surface area contributed by atoms with Gasteiger partial charge >= 0.3 is 0 Å². The van der Waals surface area contributed by atoms with Crippen LogP contribution in [0.1, 0.15) is 5.56 Å². The topological polar surface area (TPSA) is 12.0 Å². The minimum absolute atomic E-state index is 1.04. The van der Waals surface area contributed by atoms with Gasteiger partial charge in [-0.1, -0.05) is 60.7 Å². The van der Waals surface area contributed by atoms with Crippen LogP contribution in [0, 0.1) is 6.33 Å². The van der Waals surface area contributed by atoms with Gasteiger partial charge in [-0.2, -0.15) is 0 Å². The van der Waals surface area contributed by atoms with Gasteiger partial charge in [0.15, 0.2) is 0 Å². The lowest BCUT2D eigenvalue weighted by Crippen LogP contribution is -2.26. The van der Waals surface area contributed by atoms with E-state index >= 15 is 0 Å². The highest BCUT2D eigenvalue weighted by Gasteiger charge is 2.23. The van der Waals surface area contributed by atoms with E-state index in [2.05, 4.69) is 90.1 Å². The van der Waals surface area contributed by atoms with Gasteiger partial charge in [-0.05, 0) is 35.4 Å². The molecule has 5 rings (SSSR count). The molecule has 2 heterocycles. The molecule has 0 radical (unpaired) electrons. The first-order valence-corrected chi connectivity index (χ1v) is 9.03. The first kappa shape index (κ1) is 15.6. The van der Waals surface area contributed by atoms with Gasteiger partial charge in [0.05, 0.1) is 7.05 Å². The molecule has 0 saturated carbocycles. The molecule has 0 fully saturated rings. The Labute approximate surface area is 159 Å². The van der Waals surface area contributed by atoms with Gasteiger partial charge in [-0.25, -0.2) is 0 Å². The second kappa shape index (κ2) is 6.29. The summed E-state index contributed by atoms with van der Waals surface area (Å²) < 4.78 is 3.98. The fourth-order valence-corrected chi connectivity index (χ4v) is 3.65. The Kier molecular flexibility index (Phi) is 3.65. The number of imidazole rings is 1. The Bertz CT molecular complexity index is 1140. The van der Waals surface area contributed by atoms with Crippen molar-refractivity contribution in [3.8, 4) is 11.1 Å². The summed E-state index contributed by atoms with van der Waals surface area (Å²) in [6.45, 7) is 0. The summed E-state index contributed by atoms with van der Waals surface area (Å²) in [4.78, 5) is 2.30. The summed E-state index contributed by atoms with van der Waals surface area (Å²) in [5.41, 5.74) is 5.93. The van der Waals surface area contributed by atoms with Crippen LogP contribution in [0.5, 0.6) is 0 Å². The van der Waals surface area contributed by atoms with Crippen LogP contribution >= 0.6 is 0 Å². The molecule has 0 amide bonds. The first-order valence-electron chi connectivity index (χ1n) is 9.03. The van der Waals surface area contributed by atoms with Gasteiger partial charge in [0.2, 0.25) is 6.33 Å². The Hall–Kier alpha value is -3.59. The fraction of sp³-hybridized carbons (Fsp3) is 0.0417. The van der Waals surface area contributed by atoms with Gasteiger partial charge in [-0.15, -0.1) is 0 Å². The molecule has 3 nitrogen and oxygen atoms in total. The molecule has 0 atom stereocenters. The lowest BCUT2D eigenvalue weighted by Gasteiger charge is -2.29. The lowest BCUT2D eigenvalue weighted by molar-refractivity contribution is -0.674. The molecule has 3 aromatic carbocycles. The molecule has 0 unspecified atom stereocenters. The largest absolute Gasteiger partial charge is 0.323 e. The van der Waals surface area contributed by atoms with Gasteiger partial charge in [-0.3, -0.25) is 0 Å². The van der Waals surface area contributed by atoms with E-state index in [1.54, 1.807) is 0 Å². The molecule has 130 valence electrons. The third-order valence-electron chi connectivity index (χ3n) is 4.88. The number of fused-ring (bicyclic) bond motifs is 3. The van der Waals surface area contributed by atoms with Crippen molar-refractivity contribution in [3.63, 3.8) is 0 Å². The van der Waals surface area contributed by atoms with Crippen LogP contribution in [0.25, 0.3) is 23.0 Å². The second-order valence-electron chi connectivity index (χ2n) is 6.66. The maximum Gasteiger partial charge on any atom is 0.244 e. The maximum absolute atomic E-state index is 3.36.